The second kappa shape index (κ2) is 9.61. The molecule has 98 valence electrons. The molecule has 0 spiro atoms. The van der Waals surface area contributed by atoms with E-state index >= 15 is 0 Å². The van der Waals surface area contributed by atoms with Crippen LogP contribution in [0, 0.1) is 0 Å². The summed E-state index contributed by atoms with van der Waals surface area (Å²) in [5.41, 5.74) is 1.01. The third kappa shape index (κ3) is 6.63. The number of benzene rings is 1. The van der Waals surface area contributed by atoms with E-state index in [9.17, 15) is 5.11 Å². The van der Waals surface area contributed by atoms with Crippen molar-refractivity contribution >= 4 is 0 Å². The van der Waals surface area contributed by atoms with Gasteiger partial charge in [0.05, 0.1) is 6.61 Å². The average Bonchev–Trinajstić information content (AvgIpc) is 2.32. The van der Waals surface area contributed by atoms with Crippen molar-refractivity contribution in [3.05, 3.63) is 47.9 Å². The Morgan fingerprint density at radius 3 is 2.26 bits per heavy atom. The van der Waals surface area contributed by atoms with Crippen LogP contribution in [0.1, 0.15) is 27.2 Å². The predicted molar refractivity (Wildman–Crippen MR) is 70.3 cm³/mol. The minimum atomic E-state index is -0.0439. The van der Waals surface area contributed by atoms with Gasteiger partial charge in [-0.25, -0.2) is 0 Å². The Labute approximate surface area is 157 Å². The minimum absolute atomic E-state index is 0. The molecule has 0 N–H and O–H groups in total. The quantitative estimate of drug-likeness (QED) is 0.431. The summed E-state index contributed by atoms with van der Waals surface area (Å²) in [5.74, 6) is 1.67. The fourth-order valence-electron chi connectivity index (χ4n) is 1.40. The van der Waals surface area contributed by atoms with Gasteiger partial charge >= 0.3 is 51.4 Å². The SMILES string of the molecule is C=C(Oc1ccc([O-])cc1)C(OCCC)=C(C)C.[K+]. The number of ether oxygens (including phenoxy) is 2. The molecular weight excluding hydrogens is 267 g/mol. The fourth-order valence-corrected chi connectivity index (χ4v) is 1.40. The summed E-state index contributed by atoms with van der Waals surface area (Å²) >= 11 is 0. The van der Waals surface area contributed by atoms with Crippen LogP contribution in [0.5, 0.6) is 11.5 Å². The first-order valence-electron chi connectivity index (χ1n) is 5.99. The summed E-state index contributed by atoms with van der Waals surface area (Å²) in [6, 6.07) is 6.15. The second-order valence-electron chi connectivity index (χ2n) is 4.17. The zero-order valence-electron chi connectivity index (χ0n) is 12.2. The molecule has 1 aromatic carbocycles. The zero-order valence-corrected chi connectivity index (χ0v) is 15.3. The largest absolute Gasteiger partial charge is 1.00 e. The molecule has 1 rings (SSSR count). The van der Waals surface area contributed by atoms with Gasteiger partial charge in [-0.3, -0.25) is 0 Å². The first-order valence-corrected chi connectivity index (χ1v) is 5.99. The Kier molecular flexibility index (Phi) is 9.48. The van der Waals surface area contributed by atoms with E-state index in [-0.39, 0.29) is 57.1 Å². The number of hydrogen-bond acceptors (Lipinski definition) is 3. The Bertz CT molecular complexity index is 431. The van der Waals surface area contributed by atoms with Crippen molar-refractivity contribution in [2.75, 3.05) is 6.61 Å². The maximum Gasteiger partial charge on any atom is 1.00 e. The molecule has 0 bridgehead atoms. The van der Waals surface area contributed by atoms with Gasteiger partial charge in [-0.2, -0.15) is 0 Å². The zero-order chi connectivity index (χ0) is 13.5. The summed E-state index contributed by atoms with van der Waals surface area (Å²) in [5, 5.41) is 11.0. The summed E-state index contributed by atoms with van der Waals surface area (Å²) in [7, 11) is 0. The molecule has 0 fully saturated rings. The maximum atomic E-state index is 11.0. The molecule has 0 aliphatic rings. The van der Waals surface area contributed by atoms with Gasteiger partial charge in [0.2, 0.25) is 0 Å². The van der Waals surface area contributed by atoms with Gasteiger partial charge in [0.1, 0.15) is 5.75 Å². The second-order valence-corrected chi connectivity index (χ2v) is 4.17. The van der Waals surface area contributed by atoms with E-state index in [4.69, 9.17) is 9.47 Å². The van der Waals surface area contributed by atoms with Crippen LogP contribution in [0.15, 0.2) is 47.9 Å². The number of hydrogen-bond donors (Lipinski definition) is 0. The number of allylic oxidation sites excluding steroid dienone is 1. The van der Waals surface area contributed by atoms with Crippen molar-refractivity contribution < 1.29 is 66.0 Å². The van der Waals surface area contributed by atoms with Gasteiger partial charge in [0, 0.05) is 0 Å². The first kappa shape index (κ1) is 18.7. The van der Waals surface area contributed by atoms with Crippen LogP contribution in [0.3, 0.4) is 0 Å². The summed E-state index contributed by atoms with van der Waals surface area (Å²) in [6.45, 7) is 10.4. The molecule has 0 unspecified atom stereocenters. The molecule has 0 aromatic heterocycles. The molecule has 0 atom stereocenters. The van der Waals surface area contributed by atoms with E-state index < -0.39 is 0 Å². The Morgan fingerprint density at radius 2 is 1.79 bits per heavy atom. The molecular formula is C15H19KO3. The van der Waals surface area contributed by atoms with E-state index in [0.29, 0.717) is 23.9 Å². The molecule has 19 heavy (non-hydrogen) atoms. The summed E-state index contributed by atoms with van der Waals surface area (Å²) < 4.78 is 11.2. The molecule has 0 heterocycles. The molecule has 0 amide bonds. The first-order chi connectivity index (χ1) is 8.54. The van der Waals surface area contributed by atoms with Crippen LogP contribution in [0.25, 0.3) is 0 Å². The normalized spacial score (nSPS) is 9.21. The Balaban J connectivity index is 0.00000324. The van der Waals surface area contributed by atoms with Crippen LogP contribution in [0.4, 0.5) is 0 Å². The average molecular weight is 286 g/mol. The minimum Gasteiger partial charge on any atom is -0.872 e. The number of rotatable bonds is 6. The van der Waals surface area contributed by atoms with Gasteiger partial charge in [0.25, 0.3) is 0 Å². The van der Waals surface area contributed by atoms with E-state index in [2.05, 4.69) is 6.58 Å². The Hall–Kier alpha value is -0.264. The fraction of sp³-hybridized carbons (Fsp3) is 0.333. The van der Waals surface area contributed by atoms with Crippen molar-refractivity contribution in [1.82, 2.24) is 0 Å². The van der Waals surface area contributed by atoms with Crippen LogP contribution >= 0.6 is 0 Å². The predicted octanol–water partition coefficient (Wildman–Crippen LogP) is 0.377. The standard InChI is InChI=1S/C15H20O3.K/c1-5-10-17-15(11(2)3)12(4)18-14-8-6-13(16)7-9-14;/h6-9,16H,4-5,10H2,1-3H3;/q;+1/p-1. The Morgan fingerprint density at radius 1 is 1.21 bits per heavy atom. The van der Waals surface area contributed by atoms with Gasteiger partial charge in [-0.1, -0.05) is 25.6 Å². The van der Waals surface area contributed by atoms with E-state index in [1.807, 2.05) is 20.8 Å². The topological polar surface area (TPSA) is 41.5 Å². The molecule has 0 aliphatic heterocycles. The smallest absolute Gasteiger partial charge is 0.872 e. The van der Waals surface area contributed by atoms with Crippen LogP contribution in [-0.2, 0) is 4.74 Å². The van der Waals surface area contributed by atoms with Crippen molar-refractivity contribution in [3.63, 3.8) is 0 Å². The van der Waals surface area contributed by atoms with Crippen molar-refractivity contribution in [2.45, 2.75) is 27.2 Å². The molecule has 1 aromatic rings. The van der Waals surface area contributed by atoms with Gasteiger partial charge in [-0.15, -0.1) is 5.75 Å². The molecule has 0 radical (unpaired) electrons. The van der Waals surface area contributed by atoms with E-state index in [1.165, 1.54) is 12.1 Å². The maximum absolute atomic E-state index is 11.0. The van der Waals surface area contributed by atoms with E-state index in [1.54, 1.807) is 12.1 Å². The van der Waals surface area contributed by atoms with Crippen LogP contribution in [0.2, 0.25) is 0 Å². The third-order valence-electron chi connectivity index (χ3n) is 2.22. The summed E-state index contributed by atoms with van der Waals surface area (Å²) in [4.78, 5) is 0. The van der Waals surface area contributed by atoms with Crippen molar-refractivity contribution in [1.29, 1.82) is 0 Å². The molecule has 3 nitrogen and oxygen atoms in total. The molecule has 0 saturated heterocycles. The van der Waals surface area contributed by atoms with Gasteiger partial charge in [0.15, 0.2) is 11.5 Å². The van der Waals surface area contributed by atoms with Crippen LogP contribution < -0.4 is 61.2 Å². The molecule has 0 aliphatic carbocycles. The monoisotopic (exact) mass is 286 g/mol. The third-order valence-corrected chi connectivity index (χ3v) is 2.22. The van der Waals surface area contributed by atoms with E-state index in [0.717, 1.165) is 12.0 Å². The van der Waals surface area contributed by atoms with Crippen molar-refractivity contribution in [2.24, 2.45) is 0 Å². The molecule has 4 heteroatoms. The van der Waals surface area contributed by atoms with Gasteiger partial charge < -0.3 is 14.6 Å². The van der Waals surface area contributed by atoms with Gasteiger partial charge in [-0.05, 0) is 38.0 Å². The summed E-state index contributed by atoms with van der Waals surface area (Å²) in [6.07, 6.45) is 0.926. The van der Waals surface area contributed by atoms with Crippen LogP contribution in [-0.4, -0.2) is 6.61 Å². The molecule has 0 saturated carbocycles. The van der Waals surface area contributed by atoms with Crippen molar-refractivity contribution in [3.8, 4) is 11.5 Å².